The molecule has 1 saturated heterocycles. The molecule has 0 aromatic heterocycles. The quantitative estimate of drug-likeness (QED) is 0.287. The lowest BCUT2D eigenvalue weighted by Crippen LogP contribution is -2.45. The number of carbonyl (C=O) groups excluding carboxylic acids is 2. The van der Waals surface area contributed by atoms with Crippen molar-refractivity contribution in [2.45, 2.75) is 50.6 Å². The monoisotopic (exact) mass is 614 g/mol. The summed E-state index contributed by atoms with van der Waals surface area (Å²) in [6, 6.07) is 12.8. The lowest BCUT2D eigenvalue weighted by atomic mass is 9.62. The van der Waals surface area contributed by atoms with Crippen molar-refractivity contribution in [3.8, 4) is 11.8 Å². The molecule has 0 aliphatic carbocycles. The number of nitriles is 1. The van der Waals surface area contributed by atoms with E-state index in [0.717, 1.165) is 6.07 Å². The fourth-order valence-corrected chi connectivity index (χ4v) is 6.06. The molecule has 0 radical (unpaired) electrons. The summed E-state index contributed by atoms with van der Waals surface area (Å²) in [7, 11) is 1.36. The number of ether oxygens (including phenoxy) is 1. The van der Waals surface area contributed by atoms with Gasteiger partial charge < -0.3 is 21.1 Å². The first kappa shape index (κ1) is 31.2. The molecule has 0 unspecified atom stereocenters. The van der Waals surface area contributed by atoms with Gasteiger partial charge in [-0.25, -0.2) is 8.78 Å². The average molecular weight is 616 g/mol. The zero-order valence-corrected chi connectivity index (χ0v) is 24.9. The molecule has 3 aromatic carbocycles. The number of methoxy groups -OCH3 is 1. The van der Waals surface area contributed by atoms with Crippen LogP contribution in [0.5, 0.6) is 5.75 Å². The third kappa shape index (κ3) is 5.80. The van der Waals surface area contributed by atoms with E-state index in [1.54, 1.807) is 0 Å². The van der Waals surface area contributed by atoms with E-state index in [9.17, 15) is 14.9 Å². The molecular formula is C31H30Cl2F2N4O3. The largest absolute Gasteiger partial charge is 0.495 e. The standard InChI is InChI=1S/C31H30Cl2F2N4O3/c1-30(2,3)14-24-31(15-36,19-10-9-17(32)13-21(19)34)25(18-6-5-7-20(33)26(18)35)27(39-24)29(41)38-22-11-8-16(28(37)40)12-23(22)42-4/h5-13,24-25,27,39H,14H2,1-4H3,(H2,37,40)(H,38,41)/t24-,25-,27+,31-/m0/s1. The molecule has 1 heterocycles. The highest BCUT2D eigenvalue weighted by atomic mass is 35.5. The second-order valence-corrected chi connectivity index (χ2v) is 12.3. The maximum Gasteiger partial charge on any atom is 0.248 e. The summed E-state index contributed by atoms with van der Waals surface area (Å²) in [4.78, 5) is 25.7. The zero-order chi connectivity index (χ0) is 31.0. The highest BCUT2D eigenvalue weighted by Crippen LogP contribution is 2.53. The maximum atomic E-state index is 15.8. The topological polar surface area (TPSA) is 117 Å². The molecular weight excluding hydrogens is 585 g/mol. The normalized spacial score (nSPS) is 21.9. The Kier molecular flexibility index (Phi) is 8.84. The van der Waals surface area contributed by atoms with Crippen molar-refractivity contribution in [1.29, 1.82) is 5.26 Å². The van der Waals surface area contributed by atoms with Crippen LogP contribution >= 0.6 is 23.2 Å². The number of carbonyl (C=O) groups is 2. The molecule has 0 spiro atoms. The van der Waals surface area contributed by atoms with E-state index in [2.05, 4.69) is 16.7 Å². The molecule has 220 valence electrons. The molecule has 4 rings (SSSR count). The van der Waals surface area contributed by atoms with Crippen LogP contribution in [0.4, 0.5) is 14.5 Å². The summed E-state index contributed by atoms with van der Waals surface area (Å²) in [5.41, 5.74) is 3.53. The molecule has 4 atom stereocenters. The van der Waals surface area contributed by atoms with Gasteiger partial charge in [-0.1, -0.05) is 62.2 Å². The average Bonchev–Trinajstić information content (AvgIpc) is 3.23. The molecule has 0 saturated carbocycles. The second kappa shape index (κ2) is 11.9. The highest BCUT2D eigenvalue weighted by molar-refractivity contribution is 6.31. The van der Waals surface area contributed by atoms with Crippen molar-refractivity contribution in [3.05, 3.63) is 93.0 Å². The maximum absolute atomic E-state index is 15.8. The minimum absolute atomic E-state index is 0.0285. The Balaban J connectivity index is 1.95. The molecule has 4 N–H and O–H groups in total. The van der Waals surface area contributed by atoms with Crippen molar-refractivity contribution >= 4 is 40.7 Å². The van der Waals surface area contributed by atoms with Crippen LogP contribution in [0.3, 0.4) is 0 Å². The molecule has 11 heteroatoms. The van der Waals surface area contributed by atoms with Crippen molar-refractivity contribution in [3.63, 3.8) is 0 Å². The Morgan fingerprint density at radius 1 is 1.14 bits per heavy atom. The van der Waals surface area contributed by atoms with Gasteiger partial charge in [-0.3, -0.25) is 9.59 Å². The van der Waals surface area contributed by atoms with Gasteiger partial charge in [0.05, 0.1) is 29.9 Å². The van der Waals surface area contributed by atoms with Crippen LogP contribution in [0.15, 0.2) is 54.6 Å². The van der Waals surface area contributed by atoms with Gasteiger partial charge in [0.25, 0.3) is 0 Å². The minimum atomic E-state index is -1.77. The van der Waals surface area contributed by atoms with Crippen molar-refractivity contribution < 1.29 is 23.1 Å². The molecule has 3 aromatic rings. The van der Waals surface area contributed by atoms with Crippen LogP contribution in [-0.2, 0) is 10.2 Å². The van der Waals surface area contributed by atoms with Crippen LogP contribution in [0, 0.1) is 28.4 Å². The first-order chi connectivity index (χ1) is 19.7. The summed E-state index contributed by atoms with van der Waals surface area (Å²) < 4.78 is 36.9. The van der Waals surface area contributed by atoms with Crippen LogP contribution in [-0.4, -0.2) is 31.0 Å². The second-order valence-electron chi connectivity index (χ2n) is 11.5. The third-order valence-electron chi connectivity index (χ3n) is 7.48. The van der Waals surface area contributed by atoms with Gasteiger partial charge in [-0.15, -0.1) is 0 Å². The van der Waals surface area contributed by atoms with Gasteiger partial charge in [0.15, 0.2) is 0 Å². The van der Waals surface area contributed by atoms with E-state index in [1.165, 1.54) is 55.6 Å². The summed E-state index contributed by atoms with van der Waals surface area (Å²) in [5, 5.41) is 16.9. The van der Waals surface area contributed by atoms with E-state index < -0.39 is 46.9 Å². The molecule has 0 bridgehead atoms. The first-order valence-electron chi connectivity index (χ1n) is 13.1. The smallest absolute Gasteiger partial charge is 0.248 e. The summed E-state index contributed by atoms with van der Waals surface area (Å²) >= 11 is 12.2. The first-order valence-corrected chi connectivity index (χ1v) is 13.8. The van der Waals surface area contributed by atoms with Crippen LogP contribution in [0.1, 0.15) is 54.6 Å². The van der Waals surface area contributed by atoms with Crippen LogP contribution < -0.4 is 21.1 Å². The predicted molar refractivity (Wildman–Crippen MR) is 158 cm³/mol. The number of hydrogen-bond donors (Lipinski definition) is 3. The summed E-state index contributed by atoms with van der Waals surface area (Å²) in [6.45, 7) is 5.84. The van der Waals surface area contributed by atoms with Crippen molar-refractivity contribution in [2.75, 3.05) is 12.4 Å². The highest BCUT2D eigenvalue weighted by Gasteiger charge is 2.61. The number of amides is 2. The fourth-order valence-electron chi connectivity index (χ4n) is 5.72. The Labute approximate surface area is 252 Å². The zero-order valence-electron chi connectivity index (χ0n) is 23.4. The molecule has 1 aliphatic heterocycles. The van der Waals surface area contributed by atoms with E-state index >= 15 is 8.78 Å². The lowest BCUT2D eigenvalue weighted by Gasteiger charge is -2.37. The summed E-state index contributed by atoms with van der Waals surface area (Å²) in [6.07, 6.45) is 0.321. The Bertz CT molecular complexity index is 1590. The molecule has 7 nitrogen and oxygen atoms in total. The number of nitrogens with one attached hydrogen (secondary N) is 2. The Morgan fingerprint density at radius 3 is 2.45 bits per heavy atom. The van der Waals surface area contributed by atoms with E-state index in [1.807, 2.05) is 20.8 Å². The summed E-state index contributed by atoms with van der Waals surface area (Å²) in [5.74, 6) is -3.99. The predicted octanol–water partition coefficient (Wildman–Crippen LogP) is 6.34. The molecule has 1 aliphatic rings. The van der Waals surface area contributed by atoms with Gasteiger partial charge in [0, 0.05) is 28.1 Å². The van der Waals surface area contributed by atoms with Gasteiger partial charge in [0.2, 0.25) is 11.8 Å². The third-order valence-corrected chi connectivity index (χ3v) is 8.00. The number of hydrogen-bond acceptors (Lipinski definition) is 5. The Hall–Kier alpha value is -3.71. The van der Waals surface area contributed by atoms with E-state index in [0.29, 0.717) is 6.42 Å². The molecule has 2 amide bonds. The van der Waals surface area contributed by atoms with E-state index in [-0.39, 0.29) is 43.6 Å². The van der Waals surface area contributed by atoms with Crippen LogP contribution in [0.25, 0.3) is 0 Å². The van der Waals surface area contributed by atoms with Crippen molar-refractivity contribution in [1.82, 2.24) is 5.32 Å². The minimum Gasteiger partial charge on any atom is -0.495 e. The van der Waals surface area contributed by atoms with Gasteiger partial charge in [-0.05, 0) is 53.8 Å². The number of nitrogens with zero attached hydrogens (tertiary/aromatic N) is 1. The molecule has 1 fully saturated rings. The Morgan fingerprint density at radius 2 is 1.86 bits per heavy atom. The van der Waals surface area contributed by atoms with E-state index in [4.69, 9.17) is 33.7 Å². The van der Waals surface area contributed by atoms with Gasteiger partial charge >= 0.3 is 0 Å². The molecule has 42 heavy (non-hydrogen) atoms. The SMILES string of the molecule is COc1cc(C(N)=O)ccc1NC(=O)[C@@H]1N[C@@H](CC(C)(C)C)[C@](C#N)(c2ccc(Cl)cc2F)[C@H]1c1cccc(Cl)c1F. The number of benzene rings is 3. The number of primary amides is 1. The van der Waals surface area contributed by atoms with Gasteiger partial charge in [0.1, 0.15) is 22.8 Å². The van der Waals surface area contributed by atoms with Gasteiger partial charge in [-0.2, -0.15) is 5.26 Å². The van der Waals surface area contributed by atoms with Crippen LogP contribution in [0.2, 0.25) is 10.0 Å². The number of halogens is 4. The number of rotatable bonds is 7. The fraction of sp³-hybridized carbons (Fsp3) is 0.323. The number of anilines is 1. The van der Waals surface area contributed by atoms with Crippen molar-refractivity contribution in [2.24, 2.45) is 11.1 Å². The lowest BCUT2D eigenvalue weighted by molar-refractivity contribution is -0.118. The number of nitrogens with two attached hydrogens (primary N) is 1.